The van der Waals surface area contributed by atoms with Crippen molar-refractivity contribution in [3.05, 3.63) is 18.0 Å². The van der Waals surface area contributed by atoms with Crippen molar-refractivity contribution in [1.82, 2.24) is 15.1 Å². The smallest absolute Gasteiger partial charge is 0.0793 e. The molecule has 15 heavy (non-hydrogen) atoms. The van der Waals surface area contributed by atoms with Gasteiger partial charge in [-0.05, 0) is 25.5 Å². The summed E-state index contributed by atoms with van der Waals surface area (Å²) in [5.41, 5.74) is 1.10. The van der Waals surface area contributed by atoms with Crippen LogP contribution in [0.4, 0.5) is 0 Å². The first-order valence-corrected chi connectivity index (χ1v) is 5.33. The molecule has 0 aromatic carbocycles. The number of methoxy groups -OCH3 is 1. The van der Waals surface area contributed by atoms with Gasteiger partial charge in [0.15, 0.2) is 0 Å². The molecule has 1 rings (SSSR count). The quantitative estimate of drug-likeness (QED) is 0.772. The van der Waals surface area contributed by atoms with Crippen LogP contribution in [0, 0.1) is 5.92 Å². The zero-order chi connectivity index (χ0) is 11.3. The third-order valence-corrected chi connectivity index (χ3v) is 2.53. The molecule has 1 aromatic heterocycles. The Labute approximate surface area is 91.6 Å². The minimum Gasteiger partial charge on any atom is -0.384 e. The standard InChI is InChI=1S/C11H21N3O/c1-9(8-15-4)7-11(12-2)10-5-6-14(3)13-10/h5-6,9,11-12H,7-8H2,1-4H3. The maximum absolute atomic E-state index is 5.14. The molecule has 1 heterocycles. The lowest BCUT2D eigenvalue weighted by Crippen LogP contribution is -2.21. The molecule has 0 aliphatic carbocycles. The van der Waals surface area contributed by atoms with Crippen molar-refractivity contribution in [2.24, 2.45) is 13.0 Å². The van der Waals surface area contributed by atoms with Gasteiger partial charge in [-0.25, -0.2) is 0 Å². The van der Waals surface area contributed by atoms with E-state index in [4.69, 9.17) is 4.74 Å². The summed E-state index contributed by atoms with van der Waals surface area (Å²) in [7, 11) is 5.65. The first kappa shape index (κ1) is 12.2. The monoisotopic (exact) mass is 211 g/mol. The van der Waals surface area contributed by atoms with Crippen LogP contribution in [0.2, 0.25) is 0 Å². The van der Waals surface area contributed by atoms with Gasteiger partial charge in [-0.15, -0.1) is 0 Å². The molecule has 0 fully saturated rings. The van der Waals surface area contributed by atoms with Crippen LogP contribution in [-0.2, 0) is 11.8 Å². The van der Waals surface area contributed by atoms with E-state index < -0.39 is 0 Å². The van der Waals surface area contributed by atoms with Crippen molar-refractivity contribution in [1.29, 1.82) is 0 Å². The molecule has 1 N–H and O–H groups in total. The van der Waals surface area contributed by atoms with Gasteiger partial charge in [0.05, 0.1) is 11.7 Å². The fraction of sp³-hybridized carbons (Fsp3) is 0.727. The topological polar surface area (TPSA) is 39.1 Å². The molecule has 2 atom stereocenters. The number of nitrogens with one attached hydrogen (secondary N) is 1. The third-order valence-electron chi connectivity index (χ3n) is 2.53. The number of aryl methyl sites for hydroxylation is 1. The summed E-state index contributed by atoms with van der Waals surface area (Å²) in [4.78, 5) is 0. The fourth-order valence-corrected chi connectivity index (χ4v) is 1.76. The molecular formula is C11H21N3O. The molecule has 0 radical (unpaired) electrons. The van der Waals surface area contributed by atoms with Crippen LogP contribution in [0.3, 0.4) is 0 Å². The van der Waals surface area contributed by atoms with Crippen molar-refractivity contribution in [2.75, 3.05) is 20.8 Å². The highest BCUT2D eigenvalue weighted by Crippen LogP contribution is 2.19. The Morgan fingerprint density at radius 1 is 1.60 bits per heavy atom. The molecule has 4 heteroatoms. The average Bonchev–Trinajstić information content (AvgIpc) is 2.61. The summed E-state index contributed by atoms with van der Waals surface area (Å²) >= 11 is 0. The van der Waals surface area contributed by atoms with Crippen LogP contribution in [0.1, 0.15) is 25.1 Å². The highest BCUT2D eigenvalue weighted by Gasteiger charge is 2.15. The number of ether oxygens (including phenoxy) is 1. The van der Waals surface area contributed by atoms with Gasteiger partial charge >= 0.3 is 0 Å². The van der Waals surface area contributed by atoms with E-state index in [0.29, 0.717) is 12.0 Å². The fourth-order valence-electron chi connectivity index (χ4n) is 1.76. The predicted molar refractivity (Wildman–Crippen MR) is 60.7 cm³/mol. The summed E-state index contributed by atoms with van der Waals surface area (Å²) in [5.74, 6) is 0.537. The zero-order valence-electron chi connectivity index (χ0n) is 10.0. The highest BCUT2D eigenvalue weighted by atomic mass is 16.5. The molecule has 0 saturated carbocycles. The molecule has 1 aromatic rings. The molecule has 0 aliphatic heterocycles. The second-order valence-corrected chi connectivity index (χ2v) is 4.05. The Morgan fingerprint density at radius 2 is 2.33 bits per heavy atom. The van der Waals surface area contributed by atoms with Gasteiger partial charge in [-0.1, -0.05) is 6.92 Å². The lowest BCUT2D eigenvalue weighted by atomic mass is 10.0. The van der Waals surface area contributed by atoms with Gasteiger partial charge in [0.2, 0.25) is 0 Å². The summed E-state index contributed by atoms with van der Waals surface area (Å²) in [6, 6.07) is 2.37. The van der Waals surface area contributed by atoms with E-state index in [9.17, 15) is 0 Å². The number of hydrogen-bond donors (Lipinski definition) is 1. The average molecular weight is 211 g/mol. The summed E-state index contributed by atoms with van der Waals surface area (Å²) < 4.78 is 6.97. The Morgan fingerprint density at radius 3 is 2.80 bits per heavy atom. The van der Waals surface area contributed by atoms with Gasteiger partial charge in [0.1, 0.15) is 0 Å². The van der Waals surface area contributed by atoms with Crippen molar-refractivity contribution >= 4 is 0 Å². The van der Waals surface area contributed by atoms with E-state index >= 15 is 0 Å². The molecule has 0 bridgehead atoms. The second kappa shape index (κ2) is 5.88. The largest absolute Gasteiger partial charge is 0.384 e. The van der Waals surface area contributed by atoms with Crippen molar-refractivity contribution in [3.8, 4) is 0 Å². The molecule has 0 amide bonds. The summed E-state index contributed by atoms with van der Waals surface area (Å²) in [6.07, 6.45) is 3.02. The van der Waals surface area contributed by atoms with E-state index in [1.165, 1.54) is 0 Å². The first-order valence-electron chi connectivity index (χ1n) is 5.33. The maximum atomic E-state index is 5.14. The molecule has 0 saturated heterocycles. The van der Waals surface area contributed by atoms with Crippen LogP contribution in [-0.4, -0.2) is 30.5 Å². The summed E-state index contributed by atoms with van der Waals surface area (Å²) in [6.45, 7) is 2.99. The van der Waals surface area contributed by atoms with Crippen molar-refractivity contribution in [2.45, 2.75) is 19.4 Å². The molecular weight excluding hydrogens is 190 g/mol. The molecule has 86 valence electrons. The van der Waals surface area contributed by atoms with Crippen molar-refractivity contribution in [3.63, 3.8) is 0 Å². The number of hydrogen-bond acceptors (Lipinski definition) is 3. The lowest BCUT2D eigenvalue weighted by molar-refractivity contribution is 0.149. The van der Waals surface area contributed by atoms with Crippen molar-refractivity contribution < 1.29 is 4.74 Å². The Hall–Kier alpha value is -0.870. The van der Waals surface area contributed by atoms with Gasteiger partial charge < -0.3 is 10.1 Å². The number of nitrogens with zero attached hydrogens (tertiary/aromatic N) is 2. The van der Waals surface area contributed by atoms with E-state index in [2.05, 4.69) is 23.4 Å². The number of aromatic nitrogens is 2. The van der Waals surface area contributed by atoms with Crippen LogP contribution < -0.4 is 5.32 Å². The van der Waals surface area contributed by atoms with E-state index in [0.717, 1.165) is 18.7 Å². The second-order valence-electron chi connectivity index (χ2n) is 4.05. The van der Waals surface area contributed by atoms with Crippen LogP contribution in [0.15, 0.2) is 12.3 Å². The molecule has 0 spiro atoms. The Kier molecular flexibility index (Phi) is 4.78. The van der Waals surface area contributed by atoms with Gasteiger partial charge in [0.25, 0.3) is 0 Å². The highest BCUT2D eigenvalue weighted by molar-refractivity contribution is 5.05. The minimum absolute atomic E-state index is 0.316. The van der Waals surface area contributed by atoms with Crippen LogP contribution in [0.5, 0.6) is 0 Å². The Balaban J connectivity index is 2.56. The first-order chi connectivity index (χ1) is 7.17. The minimum atomic E-state index is 0.316. The van der Waals surface area contributed by atoms with Gasteiger partial charge in [-0.2, -0.15) is 5.10 Å². The Bertz CT molecular complexity index is 285. The number of rotatable bonds is 6. The SMILES string of the molecule is CNC(CC(C)COC)c1ccn(C)n1. The molecule has 2 unspecified atom stereocenters. The van der Waals surface area contributed by atoms with Gasteiger partial charge in [0, 0.05) is 27.0 Å². The van der Waals surface area contributed by atoms with E-state index in [-0.39, 0.29) is 0 Å². The summed E-state index contributed by atoms with van der Waals surface area (Å²) in [5, 5.41) is 7.70. The van der Waals surface area contributed by atoms with E-state index in [1.807, 2.05) is 25.0 Å². The third kappa shape index (κ3) is 3.64. The van der Waals surface area contributed by atoms with Crippen LogP contribution in [0.25, 0.3) is 0 Å². The normalized spacial score (nSPS) is 15.2. The van der Waals surface area contributed by atoms with E-state index in [1.54, 1.807) is 7.11 Å². The van der Waals surface area contributed by atoms with Gasteiger partial charge in [-0.3, -0.25) is 4.68 Å². The lowest BCUT2D eigenvalue weighted by Gasteiger charge is -2.18. The zero-order valence-corrected chi connectivity index (χ0v) is 10.0. The predicted octanol–water partition coefficient (Wildman–Crippen LogP) is 1.35. The van der Waals surface area contributed by atoms with Crippen LogP contribution >= 0.6 is 0 Å². The molecule has 4 nitrogen and oxygen atoms in total. The maximum Gasteiger partial charge on any atom is 0.0793 e. The molecule has 0 aliphatic rings.